The standard InChI is InChI=1S/C14H10Cl2FNO/c1-8-7-9(5-6-12(8)17)14(19)18-13-10(15)3-2-4-11(13)16/h2-7H,1H3,(H,18,19). The maximum atomic E-state index is 13.1. The fraction of sp³-hybridized carbons (Fsp3) is 0.0714. The van der Waals surface area contributed by atoms with Crippen molar-refractivity contribution in [3.05, 3.63) is 63.4 Å². The summed E-state index contributed by atoms with van der Waals surface area (Å²) in [6.07, 6.45) is 0. The van der Waals surface area contributed by atoms with Gasteiger partial charge in [-0.2, -0.15) is 0 Å². The monoisotopic (exact) mass is 297 g/mol. The summed E-state index contributed by atoms with van der Waals surface area (Å²) in [6.45, 7) is 1.59. The van der Waals surface area contributed by atoms with E-state index in [2.05, 4.69) is 5.32 Å². The minimum Gasteiger partial charge on any atom is -0.319 e. The summed E-state index contributed by atoms with van der Waals surface area (Å²) in [6, 6.07) is 9.05. The number of carbonyl (C=O) groups is 1. The molecule has 0 unspecified atom stereocenters. The molecule has 0 saturated heterocycles. The van der Waals surface area contributed by atoms with Crippen LogP contribution in [0.5, 0.6) is 0 Å². The molecule has 98 valence electrons. The molecule has 1 amide bonds. The minimum atomic E-state index is -0.391. The molecule has 0 aliphatic heterocycles. The van der Waals surface area contributed by atoms with Crippen molar-refractivity contribution in [2.75, 3.05) is 5.32 Å². The van der Waals surface area contributed by atoms with E-state index in [4.69, 9.17) is 23.2 Å². The first kappa shape index (κ1) is 13.8. The van der Waals surface area contributed by atoms with E-state index in [0.717, 1.165) is 0 Å². The predicted molar refractivity (Wildman–Crippen MR) is 75.6 cm³/mol. The number of benzene rings is 2. The summed E-state index contributed by atoms with van der Waals surface area (Å²) < 4.78 is 13.1. The van der Waals surface area contributed by atoms with Crippen molar-refractivity contribution >= 4 is 34.8 Å². The van der Waals surface area contributed by atoms with E-state index in [1.54, 1.807) is 25.1 Å². The van der Waals surface area contributed by atoms with E-state index in [0.29, 0.717) is 26.9 Å². The molecule has 2 aromatic carbocycles. The smallest absolute Gasteiger partial charge is 0.255 e. The van der Waals surface area contributed by atoms with E-state index in [-0.39, 0.29) is 5.82 Å². The number of rotatable bonds is 2. The first-order valence-electron chi connectivity index (χ1n) is 5.50. The maximum Gasteiger partial charge on any atom is 0.255 e. The Kier molecular flexibility index (Phi) is 4.08. The summed E-state index contributed by atoms with van der Waals surface area (Å²) in [7, 11) is 0. The molecule has 1 N–H and O–H groups in total. The lowest BCUT2D eigenvalue weighted by Crippen LogP contribution is -2.13. The summed E-state index contributed by atoms with van der Waals surface area (Å²) in [5.41, 5.74) is 1.09. The van der Waals surface area contributed by atoms with Gasteiger partial charge in [0, 0.05) is 5.56 Å². The van der Waals surface area contributed by atoms with Gasteiger partial charge in [-0.1, -0.05) is 29.3 Å². The van der Waals surface area contributed by atoms with Crippen LogP contribution in [0.4, 0.5) is 10.1 Å². The maximum absolute atomic E-state index is 13.1. The molecule has 0 saturated carbocycles. The van der Waals surface area contributed by atoms with Crippen LogP contribution in [0.15, 0.2) is 36.4 Å². The lowest BCUT2D eigenvalue weighted by atomic mass is 10.1. The second kappa shape index (κ2) is 5.59. The van der Waals surface area contributed by atoms with Gasteiger partial charge in [-0.05, 0) is 42.8 Å². The molecule has 0 atom stereocenters. The molecule has 0 fully saturated rings. The number of hydrogen-bond donors (Lipinski definition) is 1. The fourth-order valence-corrected chi connectivity index (χ4v) is 2.08. The fourth-order valence-electron chi connectivity index (χ4n) is 1.59. The second-order valence-electron chi connectivity index (χ2n) is 4.01. The number of anilines is 1. The molecule has 0 aliphatic carbocycles. The van der Waals surface area contributed by atoms with Crippen LogP contribution in [-0.4, -0.2) is 5.91 Å². The number of para-hydroxylation sites is 1. The molecular formula is C14H10Cl2FNO. The molecule has 2 nitrogen and oxygen atoms in total. The van der Waals surface area contributed by atoms with Gasteiger partial charge in [-0.3, -0.25) is 4.79 Å². The number of amides is 1. The van der Waals surface area contributed by atoms with Gasteiger partial charge >= 0.3 is 0 Å². The lowest BCUT2D eigenvalue weighted by molar-refractivity contribution is 0.102. The van der Waals surface area contributed by atoms with Crippen molar-refractivity contribution in [3.63, 3.8) is 0 Å². The summed E-state index contributed by atoms with van der Waals surface area (Å²) in [5, 5.41) is 3.31. The van der Waals surface area contributed by atoms with Crippen LogP contribution in [0, 0.1) is 12.7 Å². The van der Waals surface area contributed by atoms with Gasteiger partial charge in [-0.25, -0.2) is 4.39 Å². The molecule has 2 aromatic rings. The van der Waals surface area contributed by atoms with Crippen molar-refractivity contribution in [1.29, 1.82) is 0 Å². The van der Waals surface area contributed by atoms with Gasteiger partial charge in [0.25, 0.3) is 5.91 Å². The number of carbonyl (C=O) groups excluding carboxylic acids is 1. The second-order valence-corrected chi connectivity index (χ2v) is 4.83. The van der Waals surface area contributed by atoms with E-state index in [1.807, 2.05) is 0 Å². The molecule has 0 aliphatic rings. The number of hydrogen-bond acceptors (Lipinski definition) is 1. The summed E-state index contributed by atoms with van der Waals surface area (Å²) in [5.74, 6) is -0.745. The highest BCUT2D eigenvalue weighted by atomic mass is 35.5. The van der Waals surface area contributed by atoms with Gasteiger partial charge in [-0.15, -0.1) is 0 Å². The Hall–Kier alpha value is -1.58. The normalized spacial score (nSPS) is 10.3. The summed E-state index contributed by atoms with van der Waals surface area (Å²) in [4.78, 5) is 12.0. The van der Waals surface area contributed by atoms with Crippen LogP contribution < -0.4 is 5.32 Å². The molecule has 0 radical (unpaired) electrons. The third kappa shape index (κ3) is 3.06. The Bertz CT molecular complexity index is 623. The van der Waals surface area contributed by atoms with Crippen LogP contribution in [0.25, 0.3) is 0 Å². The highest BCUT2D eigenvalue weighted by molar-refractivity contribution is 6.40. The first-order chi connectivity index (χ1) is 8.99. The largest absolute Gasteiger partial charge is 0.319 e. The van der Waals surface area contributed by atoms with Gasteiger partial charge in [0.05, 0.1) is 15.7 Å². The van der Waals surface area contributed by atoms with Crippen molar-refractivity contribution < 1.29 is 9.18 Å². The quantitative estimate of drug-likeness (QED) is 0.856. The molecule has 2 rings (SSSR count). The third-order valence-corrected chi connectivity index (χ3v) is 3.25. The Morgan fingerprint density at radius 1 is 1.16 bits per heavy atom. The molecule has 0 spiro atoms. The third-order valence-electron chi connectivity index (χ3n) is 2.62. The van der Waals surface area contributed by atoms with Gasteiger partial charge in [0.2, 0.25) is 0 Å². The Balaban J connectivity index is 2.28. The van der Waals surface area contributed by atoms with Crippen LogP contribution in [0.1, 0.15) is 15.9 Å². The topological polar surface area (TPSA) is 29.1 Å². The van der Waals surface area contributed by atoms with Gasteiger partial charge < -0.3 is 5.32 Å². The minimum absolute atomic E-state index is 0.342. The number of halogens is 3. The van der Waals surface area contributed by atoms with E-state index < -0.39 is 5.91 Å². The van der Waals surface area contributed by atoms with Gasteiger partial charge in [0.1, 0.15) is 5.82 Å². The SMILES string of the molecule is Cc1cc(C(=O)Nc2c(Cl)cccc2Cl)ccc1F. The van der Waals surface area contributed by atoms with Crippen LogP contribution in [-0.2, 0) is 0 Å². The Morgan fingerprint density at radius 2 is 1.79 bits per heavy atom. The van der Waals surface area contributed by atoms with Crippen molar-refractivity contribution in [3.8, 4) is 0 Å². The van der Waals surface area contributed by atoms with E-state index in [9.17, 15) is 9.18 Å². The zero-order chi connectivity index (χ0) is 14.0. The predicted octanol–water partition coefficient (Wildman–Crippen LogP) is 4.69. The Morgan fingerprint density at radius 3 is 2.37 bits per heavy atom. The van der Waals surface area contributed by atoms with Crippen LogP contribution in [0.2, 0.25) is 10.0 Å². The highest BCUT2D eigenvalue weighted by Gasteiger charge is 2.12. The average Bonchev–Trinajstić information content (AvgIpc) is 2.37. The zero-order valence-corrected chi connectivity index (χ0v) is 11.5. The number of aryl methyl sites for hydroxylation is 1. The molecule has 0 heterocycles. The van der Waals surface area contributed by atoms with Gasteiger partial charge in [0.15, 0.2) is 0 Å². The van der Waals surface area contributed by atoms with E-state index in [1.165, 1.54) is 18.2 Å². The van der Waals surface area contributed by atoms with Crippen molar-refractivity contribution in [1.82, 2.24) is 0 Å². The van der Waals surface area contributed by atoms with Crippen LogP contribution >= 0.6 is 23.2 Å². The number of nitrogens with one attached hydrogen (secondary N) is 1. The highest BCUT2D eigenvalue weighted by Crippen LogP contribution is 2.30. The molecule has 19 heavy (non-hydrogen) atoms. The lowest BCUT2D eigenvalue weighted by Gasteiger charge is -2.09. The summed E-state index contributed by atoms with van der Waals surface area (Å²) >= 11 is 11.9. The molecule has 0 aromatic heterocycles. The Labute approximate surface area is 120 Å². The van der Waals surface area contributed by atoms with Crippen LogP contribution in [0.3, 0.4) is 0 Å². The first-order valence-corrected chi connectivity index (χ1v) is 6.26. The average molecular weight is 298 g/mol. The molecule has 5 heteroatoms. The van der Waals surface area contributed by atoms with Crippen molar-refractivity contribution in [2.24, 2.45) is 0 Å². The molecular weight excluding hydrogens is 288 g/mol. The van der Waals surface area contributed by atoms with E-state index >= 15 is 0 Å². The zero-order valence-electron chi connectivity index (χ0n) is 10.0. The van der Waals surface area contributed by atoms with Crippen molar-refractivity contribution in [2.45, 2.75) is 6.92 Å². The molecule has 0 bridgehead atoms.